The Morgan fingerprint density at radius 1 is 1.15 bits per heavy atom. The van der Waals surface area contributed by atoms with Crippen LogP contribution >= 0.6 is 0 Å². The Bertz CT molecular complexity index is 736. The van der Waals surface area contributed by atoms with E-state index in [0.29, 0.717) is 12.0 Å². The Morgan fingerprint density at radius 3 is 2.63 bits per heavy atom. The number of rotatable bonds is 3. The lowest BCUT2D eigenvalue weighted by Crippen LogP contribution is -2.49. The summed E-state index contributed by atoms with van der Waals surface area (Å²) in [5.41, 5.74) is 2.48. The molecule has 4 nitrogen and oxygen atoms in total. The number of likely N-dealkylation sites (tertiary alicyclic amines) is 1. The number of nitrogens with zero attached hydrogens (tertiary/aromatic N) is 1. The van der Waals surface area contributed by atoms with Gasteiger partial charge >= 0.3 is 0 Å². The van der Waals surface area contributed by atoms with Gasteiger partial charge in [-0.05, 0) is 74.6 Å². The first kappa shape index (κ1) is 17.3. The molecule has 1 saturated heterocycles. The van der Waals surface area contributed by atoms with E-state index in [4.69, 9.17) is 9.47 Å². The molecule has 144 valence electrons. The van der Waals surface area contributed by atoms with Crippen molar-refractivity contribution in [3.63, 3.8) is 0 Å². The van der Waals surface area contributed by atoms with Crippen molar-refractivity contribution < 1.29 is 14.3 Å². The predicted molar refractivity (Wildman–Crippen MR) is 104 cm³/mol. The van der Waals surface area contributed by atoms with Crippen LogP contribution in [0.25, 0.3) is 0 Å². The van der Waals surface area contributed by atoms with Gasteiger partial charge in [-0.3, -0.25) is 4.79 Å². The van der Waals surface area contributed by atoms with Crippen molar-refractivity contribution in [3.8, 4) is 5.75 Å². The predicted octanol–water partition coefficient (Wildman–Crippen LogP) is 3.97. The molecule has 27 heavy (non-hydrogen) atoms. The summed E-state index contributed by atoms with van der Waals surface area (Å²) in [5.74, 6) is 1.51. The van der Waals surface area contributed by atoms with Crippen LogP contribution in [0.5, 0.6) is 5.75 Å². The zero-order valence-corrected chi connectivity index (χ0v) is 16.0. The van der Waals surface area contributed by atoms with Gasteiger partial charge in [0, 0.05) is 19.0 Å². The fourth-order valence-corrected chi connectivity index (χ4v) is 4.99. The van der Waals surface area contributed by atoms with Crippen LogP contribution < -0.4 is 4.74 Å². The number of benzene rings is 1. The first-order valence-corrected chi connectivity index (χ1v) is 10.6. The Balaban J connectivity index is 1.29. The number of carbonyl (C=O) groups is 1. The molecule has 0 aromatic heterocycles. The molecule has 5 rings (SSSR count). The zero-order valence-electron chi connectivity index (χ0n) is 16.0. The molecular weight excluding hydrogens is 338 g/mol. The normalized spacial score (nSPS) is 24.7. The lowest BCUT2D eigenvalue weighted by atomic mass is 9.79. The van der Waals surface area contributed by atoms with Crippen molar-refractivity contribution in [2.75, 3.05) is 19.7 Å². The van der Waals surface area contributed by atoms with Crippen molar-refractivity contribution in [1.82, 2.24) is 4.90 Å². The molecule has 2 aliphatic carbocycles. The fraction of sp³-hybridized carbons (Fsp3) is 0.609. The standard InChI is InChI=1S/C23H29NO3/c25-22(17-4-1-2-5-17)24-13-11-23(12-14-24)21-9-8-20(27-19-6-3-7-19)16-18(21)10-15-26-23/h1-2,8-9,16-17,19H,3-7,10-15H2. The minimum atomic E-state index is -0.215. The summed E-state index contributed by atoms with van der Waals surface area (Å²) in [6.07, 6.45) is 12.9. The van der Waals surface area contributed by atoms with Gasteiger partial charge < -0.3 is 14.4 Å². The quantitative estimate of drug-likeness (QED) is 0.759. The van der Waals surface area contributed by atoms with E-state index >= 15 is 0 Å². The molecule has 2 fully saturated rings. The van der Waals surface area contributed by atoms with Crippen LogP contribution in [0.3, 0.4) is 0 Å². The average molecular weight is 367 g/mol. The van der Waals surface area contributed by atoms with Gasteiger partial charge in [0.1, 0.15) is 5.75 Å². The third-order valence-corrected chi connectivity index (χ3v) is 6.91. The number of fused-ring (bicyclic) bond motifs is 2. The monoisotopic (exact) mass is 367 g/mol. The number of carbonyl (C=O) groups excluding carboxylic acids is 1. The lowest BCUT2D eigenvalue weighted by Gasteiger charge is -2.45. The minimum Gasteiger partial charge on any atom is -0.490 e. The Kier molecular flexibility index (Phi) is 4.47. The maximum Gasteiger partial charge on any atom is 0.226 e. The maximum atomic E-state index is 12.7. The van der Waals surface area contributed by atoms with Crippen molar-refractivity contribution >= 4 is 5.91 Å². The molecular formula is C23H29NO3. The zero-order chi connectivity index (χ0) is 18.3. The van der Waals surface area contributed by atoms with E-state index < -0.39 is 0 Å². The molecule has 4 heteroatoms. The maximum absolute atomic E-state index is 12.7. The molecule has 1 aromatic carbocycles. The van der Waals surface area contributed by atoms with Crippen LogP contribution in [-0.4, -0.2) is 36.6 Å². The molecule has 1 amide bonds. The second-order valence-corrected chi connectivity index (χ2v) is 8.55. The van der Waals surface area contributed by atoms with Gasteiger partial charge in [-0.1, -0.05) is 18.2 Å². The fourth-order valence-electron chi connectivity index (χ4n) is 4.99. The Hall–Kier alpha value is -1.81. The van der Waals surface area contributed by atoms with E-state index in [1.54, 1.807) is 0 Å². The summed E-state index contributed by atoms with van der Waals surface area (Å²) in [7, 11) is 0. The molecule has 1 saturated carbocycles. The molecule has 0 bridgehead atoms. The molecule has 2 aliphatic heterocycles. The summed E-state index contributed by atoms with van der Waals surface area (Å²) in [6, 6.07) is 6.58. The van der Waals surface area contributed by atoms with Crippen molar-refractivity contribution in [2.45, 2.75) is 63.1 Å². The van der Waals surface area contributed by atoms with Gasteiger partial charge in [0.05, 0.1) is 18.3 Å². The molecule has 0 unspecified atom stereocenters. The van der Waals surface area contributed by atoms with Crippen LogP contribution in [0.1, 0.15) is 56.1 Å². The number of amides is 1. The van der Waals surface area contributed by atoms with E-state index in [1.807, 2.05) is 0 Å². The average Bonchev–Trinajstić information content (AvgIpc) is 3.20. The minimum absolute atomic E-state index is 0.171. The first-order chi connectivity index (χ1) is 13.2. The van der Waals surface area contributed by atoms with E-state index in [0.717, 1.165) is 57.6 Å². The summed E-state index contributed by atoms with van der Waals surface area (Å²) in [4.78, 5) is 14.8. The molecule has 1 spiro atoms. The van der Waals surface area contributed by atoms with Gasteiger partial charge in [-0.2, -0.15) is 0 Å². The Morgan fingerprint density at radius 2 is 1.93 bits per heavy atom. The van der Waals surface area contributed by atoms with Crippen LogP contribution in [0.15, 0.2) is 30.4 Å². The number of piperidine rings is 1. The summed E-state index contributed by atoms with van der Waals surface area (Å²) in [6.45, 7) is 2.37. The number of ether oxygens (including phenoxy) is 2. The van der Waals surface area contributed by atoms with Crippen molar-refractivity contribution in [3.05, 3.63) is 41.5 Å². The molecule has 4 aliphatic rings. The second kappa shape index (κ2) is 6.97. The van der Waals surface area contributed by atoms with Crippen LogP contribution in [0, 0.1) is 5.92 Å². The largest absolute Gasteiger partial charge is 0.490 e. The van der Waals surface area contributed by atoms with Gasteiger partial charge in [0.2, 0.25) is 5.91 Å². The summed E-state index contributed by atoms with van der Waals surface area (Å²) in [5, 5.41) is 0. The van der Waals surface area contributed by atoms with Gasteiger partial charge in [-0.25, -0.2) is 0 Å². The lowest BCUT2D eigenvalue weighted by molar-refractivity contribution is -0.144. The highest BCUT2D eigenvalue weighted by Crippen LogP contribution is 2.43. The van der Waals surface area contributed by atoms with Crippen molar-refractivity contribution in [1.29, 1.82) is 0 Å². The molecule has 0 atom stereocenters. The molecule has 0 radical (unpaired) electrons. The highest BCUT2D eigenvalue weighted by Gasteiger charge is 2.42. The van der Waals surface area contributed by atoms with E-state index in [9.17, 15) is 4.79 Å². The number of hydrogen-bond acceptors (Lipinski definition) is 3. The number of hydrogen-bond donors (Lipinski definition) is 0. The number of allylic oxidation sites excluding steroid dienone is 2. The highest BCUT2D eigenvalue weighted by atomic mass is 16.5. The second-order valence-electron chi connectivity index (χ2n) is 8.55. The van der Waals surface area contributed by atoms with Gasteiger partial charge in [-0.15, -0.1) is 0 Å². The smallest absolute Gasteiger partial charge is 0.226 e. The van der Waals surface area contributed by atoms with E-state index in [1.165, 1.54) is 30.4 Å². The first-order valence-electron chi connectivity index (χ1n) is 10.6. The third kappa shape index (κ3) is 3.18. The molecule has 1 aromatic rings. The molecule has 0 N–H and O–H groups in total. The van der Waals surface area contributed by atoms with Crippen molar-refractivity contribution in [2.24, 2.45) is 5.92 Å². The van der Waals surface area contributed by atoms with Gasteiger partial charge in [0.25, 0.3) is 0 Å². The van der Waals surface area contributed by atoms with Crippen LogP contribution in [0.4, 0.5) is 0 Å². The van der Waals surface area contributed by atoms with Crippen LogP contribution in [-0.2, 0) is 21.6 Å². The topological polar surface area (TPSA) is 38.8 Å². The van der Waals surface area contributed by atoms with Gasteiger partial charge in [0.15, 0.2) is 0 Å². The SMILES string of the molecule is O=C(C1CC=CC1)N1CCC2(CC1)OCCc1cc(OC3CCC3)ccc12. The highest BCUT2D eigenvalue weighted by molar-refractivity contribution is 5.79. The van der Waals surface area contributed by atoms with E-state index in [-0.39, 0.29) is 11.5 Å². The third-order valence-electron chi connectivity index (χ3n) is 6.91. The molecule has 2 heterocycles. The van der Waals surface area contributed by atoms with E-state index in [2.05, 4.69) is 35.3 Å². The van der Waals surface area contributed by atoms with Crippen LogP contribution in [0.2, 0.25) is 0 Å². The summed E-state index contributed by atoms with van der Waals surface area (Å²) >= 11 is 0. The summed E-state index contributed by atoms with van der Waals surface area (Å²) < 4.78 is 12.4. The Labute approximate surface area is 161 Å².